The van der Waals surface area contributed by atoms with E-state index < -0.39 is 11.8 Å². The van der Waals surface area contributed by atoms with E-state index in [2.05, 4.69) is 10.4 Å². The zero-order valence-corrected chi connectivity index (χ0v) is 15.5. The van der Waals surface area contributed by atoms with E-state index in [4.69, 9.17) is 22.1 Å². The SMILES string of the molecule is Cc1cc(NC(=O)COc2cc(Cl)ccc2C(N)=O)n(-c2ccc(F)cc2)n1. The number of carbonyl (C=O) groups excluding carboxylic acids is 2. The highest BCUT2D eigenvalue weighted by Crippen LogP contribution is 2.23. The lowest BCUT2D eigenvalue weighted by Gasteiger charge is -2.11. The van der Waals surface area contributed by atoms with Gasteiger partial charge in [-0.05, 0) is 49.4 Å². The summed E-state index contributed by atoms with van der Waals surface area (Å²) in [6.45, 7) is 1.38. The van der Waals surface area contributed by atoms with Gasteiger partial charge in [0.25, 0.3) is 11.8 Å². The van der Waals surface area contributed by atoms with Crippen molar-refractivity contribution in [3.05, 3.63) is 70.6 Å². The zero-order valence-electron chi connectivity index (χ0n) is 14.8. The minimum Gasteiger partial charge on any atom is -0.483 e. The van der Waals surface area contributed by atoms with Crippen LogP contribution in [0.2, 0.25) is 5.02 Å². The van der Waals surface area contributed by atoms with Crippen LogP contribution in [0.3, 0.4) is 0 Å². The number of benzene rings is 2. The molecule has 3 N–H and O–H groups in total. The van der Waals surface area contributed by atoms with Gasteiger partial charge in [-0.25, -0.2) is 9.07 Å². The van der Waals surface area contributed by atoms with Crippen molar-refractivity contribution >= 4 is 29.2 Å². The second kappa shape index (κ2) is 8.10. The van der Waals surface area contributed by atoms with E-state index in [0.29, 0.717) is 22.2 Å². The standard InChI is InChI=1S/C19H16ClFN4O3/c1-11-8-17(25(24-11)14-5-3-13(21)4-6-14)23-18(26)10-28-16-9-12(20)2-7-15(16)19(22)27/h2-9H,10H2,1H3,(H2,22,27)(H,23,26). The smallest absolute Gasteiger partial charge is 0.263 e. The molecule has 2 aromatic carbocycles. The molecule has 1 aromatic heterocycles. The lowest BCUT2D eigenvalue weighted by molar-refractivity contribution is -0.118. The van der Waals surface area contributed by atoms with Crippen LogP contribution >= 0.6 is 11.6 Å². The molecule has 28 heavy (non-hydrogen) atoms. The monoisotopic (exact) mass is 402 g/mol. The number of ether oxygens (including phenoxy) is 1. The Morgan fingerprint density at radius 1 is 1.21 bits per heavy atom. The molecule has 0 unspecified atom stereocenters. The van der Waals surface area contributed by atoms with Gasteiger partial charge < -0.3 is 15.8 Å². The normalized spacial score (nSPS) is 10.5. The molecule has 9 heteroatoms. The molecular formula is C19H16ClFN4O3. The van der Waals surface area contributed by atoms with Crippen LogP contribution < -0.4 is 15.8 Å². The first-order chi connectivity index (χ1) is 13.3. The molecule has 0 bridgehead atoms. The number of anilines is 1. The largest absolute Gasteiger partial charge is 0.483 e. The van der Waals surface area contributed by atoms with Crippen molar-refractivity contribution in [2.45, 2.75) is 6.92 Å². The first kappa shape index (κ1) is 19.4. The third kappa shape index (κ3) is 4.47. The van der Waals surface area contributed by atoms with E-state index in [0.717, 1.165) is 0 Å². The number of hydrogen-bond donors (Lipinski definition) is 2. The molecule has 0 spiro atoms. The van der Waals surface area contributed by atoms with Gasteiger partial charge in [0, 0.05) is 11.1 Å². The van der Waals surface area contributed by atoms with Crippen LogP contribution in [0.25, 0.3) is 5.69 Å². The third-order valence-electron chi connectivity index (χ3n) is 3.74. The van der Waals surface area contributed by atoms with Gasteiger partial charge >= 0.3 is 0 Å². The van der Waals surface area contributed by atoms with Crippen LogP contribution in [0.4, 0.5) is 10.2 Å². The number of aryl methyl sites for hydroxylation is 1. The Morgan fingerprint density at radius 3 is 2.61 bits per heavy atom. The number of carbonyl (C=O) groups is 2. The number of hydrogen-bond acceptors (Lipinski definition) is 4. The lowest BCUT2D eigenvalue weighted by Crippen LogP contribution is -2.23. The molecule has 2 amide bonds. The number of primary amides is 1. The Balaban J connectivity index is 1.74. The van der Waals surface area contributed by atoms with Crippen LogP contribution in [-0.2, 0) is 4.79 Å². The molecule has 0 radical (unpaired) electrons. The van der Waals surface area contributed by atoms with Gasteiger partial charge in [0.05, 0.1) is 16.9 Å². The van der Waals surface area contributed by atoms with E-state index in [-0.39, 0.29) is 23.7 Å². The Morgan fingerprint density at radius 2 is 1.93 bits per heavy atom. The fourth-order valence-corrected chi connectivity index (χ4v) is 2.67. The van der Waals surface area contributed by atoms with Crippen LogP contribution in [0.5, 0.6) is 5.75 Å². The van der Waals surface area contributed by atoms with Gasteiger partial charge in [-0.15, -0.1) is 0 Å². The van der Waals surface area contributed by atoms with E-state index >= 15 is 0 Å². The average molecular weight is 403 g/mol. The first-order valence-corrected chi connectivity index (χ1v) is 8.56. The molecule has 0 aliphatic heterocycles. The summed E-state index contributed by atoms with van der Waals surface area (Å²) in [5.74, 6) is -1.06. The summed E-state index contributed by atoms with van der Waals surface area (Å²) in [5, 5.41) is 7.30. The maximum Gasteiger partial charge on any atom is 0.263 e. The van der Waals surface area contributed by atoms with Crippen LogP contribution in [0.15, 0.2) is 48.5 Å². The molecule has 3 aromatic rings. The van der Waals surface area contributed by atoms with Crippen molar-refractivity contribution in [3.63, 3.8) is 0 Å². The number of nitrogens with two attached hydrogens (primary N) is 1. The van der Waals surface area contributed by atoms with Crippen molar-refractivity contribution in [2.24, 2.45) is 5.73 Å². The molecule has 0 fully saturated rings. The highest BCUT2D eigenvalue weighted by Gasteiger charge is 2.14. The lowest BCUT2D eigenvalue weighted by atomic mass is 10.2. The third-order valence-corrected chi connectivity index (χ3v) is 3.97. The Bertz CT molecular complexity index is 1030. The van der Waals surface area contributed by atoms with Crippen molar-refractivity contribution in [1.29, 1.82) is 0 Å². The molecule has 7 nitrogen and oxygen atoms in total. The van der Waals surface area contributed by atoms with Gasteiger partial charge in [-0.3, -0.25) is 9.59 Å². The molecule has 0 saturated carbocycles. The van der Waals surface area contributed by atoms with Crippen LogP contribution in [0.1, 0.15) is 16.1 Å². The number of nitrogens with one attached hydrogen (secondary N) is 1. The number of aromatic nitrogens is 2. The molecule has 0 atom stereocenters. The summed E-state index contributed by atoms with van der Waals surface area (Å²) in [5.41, 5.74) is 6.65. The van der Waals surface area contributed by atoms with Gasteiger partial charge in [-0.1, -0.05) is 11.6 Å². The highest BCUT2D eigenvalue weighted by molar-refractivity contribution is 6.30. The van der Waals surface area contributed by atoms with Gasteiger partial charge in [0.15, 0.2) is 6.61 Å². The summed E-state index contributed by atoms with van der Waals surface area (Å²) < 4.78 is 20.0. The topological polar surface area (TPSA) is 99.2 Å². The minimum absolute atomic E-state index is 0.110. The quantitative estimate of drug-likeness (QED) is 0.661. The molecule has 1 heterocycles. The van der Waals surface area contributed by atoms with Gasteiger partial charge in [-0.2, -0.15) is 5.10 Å². The fraction of sp³-hybridized carbons (Fsp3) is 0.105. The van der Waals surface area contributed by atoms with Gasteiger partial charge in [0.1, 0.15) is 17.4 Å². The average Bonchev–Trinajstić information content (AvgIpc) is 3.00. The molecule has 0 aliphatic carbocycles. The second-order valence-corrected chi connectivity index (χ2v) is 6.34. The molecule has 0 saturated heterocycles. The van der Waals surface area contributed by atoms with E-state index in [9.17, 15) is 14.0 Å². The molecular weight excluding hydrogens is 387 g/mol. The molecule has 144 valence electrons. The minimum atomic E-state index is -0.697. The predicted molar refractivity (Wildman–Crippen MR) is 102 cm³/mol. The van der Waals surface area contributed by atoms with E-state index in [1.165, 1.54) is 35.0 Å². The number of nitrogens with zero attached hydrogens (tertiary/aromatic N) is 2. The van der Waals surface area contributed by atoms with Crippen molar-refractivity contribution in [2.75, 3.05) is 11.9 Å². The molecule has 3 rings (SSSR count). The Labute approximate surface area is 164 Å². The summed E-state index contributed by atoms with van der Waals surface area (Å²) in [6.07, 6.45) is 0. The Kier molecular flexibility index (Phi) is 5.60. The first-order valence-electron chi connectivity index (χ1n) is 8.18. The van der Waals surface area contributed by atoms with Crippen molar-refractivity contribution < 1.29 is 18.7 Å². The highest BCUT2D eigenvalue weighted by atomic mass is 35.5. The number of halogens is 2. The molecule has 0 aliphatic rings. The van der Waals surface area contributed by atoms with Crippen LogP contribution in [-0.4, -0.2) is 28.2 Å². The second-order valence-electron chi connectivity index (χ2n) is 5.90. The summed E-state index contributed by atoms with van der Waals surface area (Å²) in [4.78, 5) is 23.8. The van der Waals surface area contributed by atoms with Crippen LogP contribution in [0, 0.1) is 12.7 Å². The zero-order chi connectivity index (χ0) is 20.3. The maximum atomic E-state index is 13.1. The van der Waals surface area contributed by atoms with E-state index in [1.54, 1.807) is 25.1 Å². The van der Waals surface area contributed by atoms with Crippen molar-refractivity contribution in [3.8, 4) is 11.4 Å². The summed E-state index contributed by atoms with van der Waals surface area (Å²) >= 11 is 5.90. The maximum absolute atomic E-state index is 13.1. The van der Waals surface area contributed by atoms with E-state index in [1.807, 2.05) is 0 Å². The number of amides is 2. The fourth-order valence-electron chi connectivity index (χ4n) is 2.51. The van der Waals surface area contributed by atoms with Gasteiger partial charge in [0.2, 0.25) is 0 Å². The van der Waals surface area contributed by atoms with Crippen molar-refractivity contribution in [1.82, 2.24) is 9.78 Å². The summed E-state index contributed by atoms with van der Waals surface area (Å²) in [7, 11) is 0. The number of rotatable bonds is 6. The Hall–Kier alpha value is -3.39. The summed E-state index contributed by atoms with van der Waals surface area (Å²) in [6, 6.07) is 11.7. The predicted octanol–water partition coefficient (Wildman–Crippen LogP) is 3.09.